The van der Waals surface area contributed by atoms with E-state index in [9.17, 15) is 15.0 Å². The van der Waals surface area contributed by atoms with Crippen LogP contribution in [0.15, 0.2) is 70.5 Å². The summed E-state index contributed by atoms with van der Waals surface area (Å²) < 4.78 is 6.15. The second-order valence-electron chi connectivity index (χ2n) is 14.5. The number of carbonyl (C=O) groups excluding carboxylic acids is 1. The highest BCUT2D eigenvalue weighted by molar-refractivity contribution is 5.90. The number of hydrogen-bond donors (Lipinski definition) is 4. The van der Waals surface area contributed by atoms with E-state index >= 15 is 0 Å². The topological polar surface area (TPSA) is 134 Å². The van der Waals surface area contributed by atoms with E-state index in [1.807, 2.05) is 18.2 Å². The Morgan fingerprint density at radius 3 is 2.70 bits per heavy atom. The molecule has 2 fully saturated rings. The molecular weight excluding hydrogens is 588 g/mol. The van der Waals surface area contributed by atoms with Crippen LogP contribution in [0.3, 0.4) is 0 Å². The summed E-state index contributed by atoms with van der Waals surface area (Å²) >= 11 is 0. The van der Waals surface area contributed by atoms with E-state index < -0.39 is 12.3 Å². The van der Waals surface area contributed by atoms with Crippen molar-refractivity contribution >= 4 is 12.0 Å². The first-order valence-electron chi connectivity index (χ1n) is 17.7. The Labute approximate surface area is 279 Å². The molecular formula is C39H52N4O4. The van der Waals surface area contributed by atoms with Gasteiger partial charge in [-0.15, -0.1) is 0 Å². The lowest BCUT2D eigenvalue weighted by Gasteiger charge is -2.35. The van der Waals surface area contributed by atoms with Crippen molar-refractivity contribution in [3.05, 3.63) is 82.2 Å². The van der Waals surface area contributed by atoms with Crippen LogP contribution in [0.25, 0.3) is 0 Å². The number of aryl methyl sites for hydroxylation is 1. The van der Waals surface area contributed by atoms with Gasteiger partial charge in [-0.1, -0.05) is 69.4 Å². The zero-order valence-electron chi connectivity index (χ0n) is 27.9. The SMILES string of the molecule is CCCCC[C@@H](O)CC(=O)CCc1ccc(O)c(OCN2C=C3N=CC([C@]4(c5cccc(C(N)N)c5)CCC5(CCCC5)C4)=C3C2)c1. The standard InChI is InChI=1S/C39H52N4O4/c1-2-3-4-10-30(44)21-31(45)13-11-27-12-14-35(46)36(19-27)47-26-43-23-32-33(22-42-34(32)24-43)39(18-17-38(25-39)15-5-6-16-38)29-9-7-8-28(20-29)37(40)41/h7-9,12,14,19-20,22,24,30,37,44,46H,2-6,10-11,13,15-18,21,23,25-26,40-41H2,1H3/t30-,39-/m1/s1. The van der Waals surface area contributed by atoms with Crippen molar-refractivity contribution in [2.24, 2.45) is 21.9 Å². The minimum atomic E-state index is -0.566. The molecule has 2 atom stereocenters. The average Bonchev–Trinajstić information content (AvgIpc) is 3.86. The number of benzene rings is 2. The molecule has 2 aromatic rings. The second-order valence-corrected chi connectivity index (χ2v) is 14.5. The third-order valence-electron chi connectivity index (χ3n) is 11.1. The molecule has 0 unspecified atom stereocenters. The van der Waals surface area contributed by atoms with Gasteiger partial charge in [0.1, 0.15) is 5.78 Å². The lowest BCUT2D eigenvalue weighted by molar-refractivity contribution is -0.121. The molecule has 8 heteroatoms. The number of ether oxygens (including phenoxy) is 1. The van der Waals surface area contributed by atoms with Crippen LogP contribution in [0.5, 0.6) is 11.5 Å². The number of fused-ring (bicyclic) bond motifs is 1. The molecule has 2 aromatic carbocycles. The maximum atomic E-state index is 12.5. The summed E-state index contributed by atoms with van der Waals surface area (Å²) in [6, 6.07) is 13.8. The van der Waals surface area contributed by atoms with E-state index in [-0.39, 0.29) is 30.1 Å². The highest BCUT2D eigenvalue weighted by Crippen LogP contribution is 2.61. The van der Waals surface area contributed by atoms with E-state index in [1.165, 1.54) is 48.8 Å². The summed E-state index contributed by atoms with van der Waals surface area (Å²) in [7, 11) is 0. The Hall–Kier alpha value is -3.46. The van der Waals surface area contributed by atoms with Crippen molar-refractivity contribution in [2.75, 3.05) is 13.3 Å². The summed E-state index contributed by atoms with van der Waals surface area (Å²) in [5.74, 6) is 0.523. The van der Waals surface area contributed by atoms with Crippen LogP contribution in [-0.2, 0) is 16.6 Å². The molecule has 47 heavy (non-hydrogen) atoms. The third kappa shape index (κ3) is 7.35. The van der Waals surface area contributed by atoms with Crippen molar-refractivity contribution in [2.45, 2.75) is 114 Å². The fourth-order valence-electron chi connectivity index (χ4n) is 8.51. The van der Waals surface area contributed by atoms with Crippen molar-refractivity contribution in [3.8, 4) is 11.5 Å². The van der Waals surface area contributed by atoms with Gasteiger partial charge in [0.2, 0.25) is 0 Å². The van der Waals surface area contributed by atoms with Crippen LogP contribution in [0.1, 0.15) is 113 Å². The van der Waals surface area contributed by atoms with Crippen LogP contribution in [0.4, 0.5) is 0 Å². The highest BCUT2D eigenvalue weighted by Gasteiger charge is 2.53. The number of aliphatic hydroxyl groups excluding tert-OH is 1. The monoisotopic (exact) mass is 640 g/mol. The second kappa shape index (κ2) is 14.3. The normalized spacial score (nSPS) is 22.1. The van der Waals surface area contributed by atoms with Gasteiger partial charge in [0, 0.05) is 42.8 Å². The number of aromatic hydroxyl groups is 1. The molecule has 4 aliphatic rings. The lowest BCUT2D eigenvalue weighted by Crippen LogP contribution is -2.31. The van der Waals surface area contributed by atoms with Gasteiger partial charge in [0.15, 0.2) is 18.2 Å². The van der Waals surface area contributed by atoms with Crippen LogP contribution >= 0.6 is 0 Å². The number of phenolic OH excluding ortho intramolecular Hbond substituents is 1. The van der Waals surface area contributed by atoms with Gasteiger partial charge in [-0.25, -0.2) is 0 Å². The summed E-state index contributed by atoms with van der Waals surface area (Å²) in [6.45, 7) is 3.08. The largest absolute Gasteiger partial charge is 0.504 e. The summed E-state index contributed by atoms with van der Waals surface area (Å²) in [4.78, 5) is 19.5. The minimum absolute atomic E-state index is 0.0564. The zero-order valence-corrected chi connectivity index (χ0v) is 27.9. The number of Topliss-reactive ketones (excluding diaryl/α,β-unsaturated/α-hetero) is 1. The Morgan fingerprint density at radius 2 is 1.91 bits per heavy atom. The van der Waals surface area contributed by atoms with Gasteiger partial charge in [-0.05, 0) is 84.8 Å². The molecule has 6 rings (SSSR count). The highest BCUT2D eigenvalue weighted by atomic mass is 16.5. The van der Waals surface area contributed by atoms with Crippen molar-refractivity contribution in [3.63, 3.8) is 0 Å². The van der Waals surface area contributed by atoms with Crippen LogP contribution in [0, 0.1) is 5.41 Å². The number of rotatable bonds is 15. The maximum Gasteiger partial charge on any atom is 0.163 e. The number of hydrogen-bond acceptors (Lipinski definition) is 8. The number of phenols is 1. The smallest absolute Gasteiger partial charge is 0.163 e. The van der Waals surface area contributed by atoms with Crippen LogP contribution in [-0.4, -0.2) is 46.5 Å². The number of ketones is 1. The number of unbranched alkanes of at least 4 members (excludes halogenated alkanes) is 2. The van der Waals surface area contributed by atoms with Gasteiger partial charge < -0.3 is 31.3 Å². The summed E-state index contributed by atoms with van der Waals surface area (Å²) in [6.07, 6.45) is 16.6. The predicted octanol–water partition coefficient (Wildman–Crippen LogP) is 6.70. The van der Waals surface area contributed by atoms with Gasteiger partial charge in [0.05, 0.1) is 18.0 Å². The first kappa shape index (κ1) is 33.4. The van der Waals surface area contributed by atoms with E-state index in [4.69, 9.17) is 21.2 Å². The van der Waals surface area contributed by atoms with E-state index in [2.05, 4.69) is 42.4 Å². The zero-order chi connectivity index (χ0) is 33.0. The molecule has 0 amide bonds. The summed E-state index contributed by atoms with van der Waals surface area (Å²) in [5, 5.41) is 20.7. The fraction of sp³-hybridized carbons (Fsp3) is 0.538. The van der Waals surface area contributed by atoms with Crippen molar-refractivity contribution < 1.29 is 19.7 Å². The van der Waals surface area contributed by atoms with Crippen LogP contribution < -0.4 is 16.2 Å². The molecule has 0 bridgehead atoms. The number of nitrogens with two attached hydrogens (primary N) is 2. The first-order chi connectivity index (χ1) is 22.7. The molecule has 8 nitrogen and oxygen atoms in total. The molecule has 2 aliphatic carbocycles. The van der Waals surface area contributed by atoms with Gasteiger partial charge in [-0.3, -0.25) is 9.79 Å². The van der Waals surface area contributed by atoms with Gasteiger partial charge in [-0.2, -0.15) is 0 Å². The lowest BCUT2D eigenvalue weighted by atomic mass is 9.68. The van der Waals surface area contributed by atoms with Crippen molar-refractivity contribution in [1.29, 1.82) is 0 Å². The van der Waals surface area contributed by atoms with Gasteiger partial charge >= 0.3 is 0 Å². The number of aliphatic imine (C=N–C) groups is 1. The van der Waals surface area contributed by atoms with E-state index in [1.54, 1.807) is 6.07 Å². The Bertz CT molecular complexity index is 1540. The predicted molar refractivity (Wildman–Crippen MR) is 186 cm³/mol. The summed E-state index contributed by atoms with van der Waals surface area (Å²) in [5.41, 5.74) is 19.2. The number of nitrogens with zero attached hydrogens (tertiary/aromatic N) is 2. The molecule has 0 aromatic heterocycles. The quantitative estimate of drug-likeness (QED) is 0.126. The molecule has 0 saturated heterocycles. The first-order valence-corrected chi connectivity index (χ1v) is 17.7. The molecule has 1 spiro atoms. The Kier molecular flexibility index (Phi) is 10.2. The molecule has 6 N–H and O–H groups in total. The minimum Gasteiger partial charge on any atom is -0.504 e. The Balaban J connectivity index is 1.13. The molecule has 252 valence electrons. The number of allylic oxidation sites excluding steroid dienone is 1. The van der Waals surface area contributed by atoms with E-state index in [0.29, 0.717) is 37.0 Å². The third-order valence-corrected chi connectivity index (χ3v) is 11.1. The molecule has 2 heterocycles. The molecule has 2 aliphatic heterocycles. The van der Waals surface area contributed by atoms with Crippen LogP contribution in [0.2, 0.25) is 0 Å². The molecule has 2 saturated carbocycles. The average molecular weight is 641 g/mol. The number of aliphatic hydroxyl groups is 1. The molecule has 0 radical (unpaired) electrons. The van der Waals surface area contributed by atoms with E-state index in [0.717, 1.165) is 48.9 Å². The van der Waals surface area contributed by atoms with Crippen molar-refractivity contribution in [1.82, 2.24) is 4.90 Å². The Morgan fingerprint density at radius 1 is 1.09 bits per heavy atom. The maximum absolute atomic E-state index is 12.5. The van der Waals surface area contributed by atoms with Gasteiger partial charge in [0.25, 0.3) is 0 Å². The number of carbonyl (C=O) groups is 1. The fourth-order valence-corrected chi connectivity index (χ4v) is 8.51.